The Kier molecular flexibility index (Phi) is 6.95. The van der Waals surface area contributed by atoms with Crippen LogP contribution in [0.25, 0.3) is 0 Å². The van der Waals surface area contributed by atoms with E-state index in [1.54, 1.807) is 41.3 Å². The van der Waals surface area contributed by atoms with Crippen molar-refractivity contribution in [3.05, 3.63) is 58.4 Å². The molecule has 0 fully saturated rings. The molecular formula is C18H19BrN6O4. The van der Waals surface area contributed by atoms with E-state index in [4.69, 9.17) is 9.26 Å². The summed E-state index contributed by atoms with van der Waals surface area (Å²) in [4.78, 5) is 28.2. The smallest absolute Gasteiger partial charge is 0.316 e. The van der Waals surface area contributed by atoms with E-state index in [1.165, 1.54) is 0 Å². The van der Waals surface area contributed by atoms with Crippen LogP contribution in [-0.4, -0.2) is 51.4 Å². The second-order valence-corrected chi connectivity index (χ2v) is 6.76. The lowest BCUT2D eigenvalue weighted by atomic mass is 10.2. The minimum absolute atomic E-state index is 0.149. The van der Waals surface area contributed by atoms with Crippen LogP contribution in [0.2, 0.25) is 0 Å². The fourth-order valence-corrected chi connectivity index (χ4v) is 2.71. The molecule has 0 bridgehead atoms. The number of rotatable bonds is 9. The first kappa shape index (κ1) is 20.5. The van der Waals surface area contributed by atoms with Crippen molar-refractivity contribution in [1.82, 2.24) is 30.6 Å². The highest BCUT2D eigenvalue weighted by molar-refractivity contribution is 9.10. The zero-order valence-corrected chi connectivity index (χ0v) is 17.2. The van der Waals surface area contributed by atoms with Crippen LogP contribution in [0.4, 0.5) is 0 Å². The highest BCUT2D eigenvalue weighted by Gasteiger charge is 2.15. The van der Waals surface area contributed by atoms with E-state index in [2.05, 4.69) is 41.8 Å². The zero-order valence-electron chi connectivity index (χ0n) is 15.6. The van der Waals surface area contributed by atoms with Crippen molar-refractivity contribution in [3.8, 4) is 5.75 Å². The number of halogens is 1. The molecule has 10 nitrogen and oxygen atoms in total. The molecule has 0 atom stereocenters. The molecule has 2 N–H and O–H groups in total. The van der Waals surface area contributed by atoms with Gasteiger partial charge in [-0.2, -0.15) is 10.1 Å². The van der Waals surface area contributed by atoms with Gasteiger partial charge in [0.15, 0.2) is 5.82 Å². The molecule has 0 saturated heterocycles. The van der Waals surface area contributed by atoms with Crippen LogP contribution in [0.1, 0.15) is 33.8 Å². The van der Waals surface area contributed by atoms with Crippen LogP contribution in [0.5, 0.6) is 5.75 Å². The second-order valence-electron chi connectivity index (χ2n) is 5.84. The van der Waals surface area contributed by atoms with E-state index in [1.807, 2.05) is 6.92 Å². The number of carbonyl (C=O) groups excluding carboxylic acids is 2. The fourth-order valence-electron chi connectivity index (χ4n) is 2.38. The van der Waals surface area contributed by atoms with Crippen molar-refractivity contribution in [2.24, 2.45) is 0 Å². The van der Waals surface area contributed by atoms with Gasteiger partial charge in [0.2, 0.25) is 0 Å². The Balaban J connectivity index is 1.41. The Labute approximate surface area is 174 Å². The third-order valence-corrected chi connectivity index (χ3v) is 4.10. The van der Waals surface area contributed by atoms with Crippen LogP contribution in [0.3, 0.4) is 0 Å². The van der Waals surface area contributed by atoms with E-state index in [9.17, 15) is 9.59 Å². The SMILES string of the molecule is CCOc1ccc(C(=O)NCCNC(=O)c2nc(Cn3cc(Br)cn3)no2)cc1. The molecule has 152 valence electrons. The predicted molar refractivity (Wildman–Crippen MR) is 106 cm³/mol. The van der Waals surface area contributed by atoms with Gasteiger partial charge in [-0.15, -0.1) is 0 Å². The summed E-state index contributed by atoms with van der Waals surface area (Å²) in [6.45, 7) is 3.20. The highest BCUT2D eigenvalue weighted by atomic mass is 79.9. The van der Waals surface area contributed by atoms with E-state index >= 15 is 0 Å². The van der Waals surface area contributed by atoms with Gasteiger partial charge in [0, 0.05) is 24.8 Å². The monoisotopic (exact) mass is 462 g/mol. The maximum atomic E-state index is 12.1. The van der Waals surface area contributed by atoms with Crippen molar-refractivity contribution in [1.29, 1.82) is 0 Å². The Morgan fingerprint density at radius 3 is 2.55 bits per heavy atom. The molecule has 2 amide bonds. The zero-order chi connectivity index (χ0) is 20.6. The number of carbonyl (C=O) groups is 2. The molecule has 0 saturated carbocycles. The van der Waals surface area contributed by atoms with Crippen molar-refractivity contribution in [2.75, 3.05) is 19.7 Å². The fraction of sp³-hybridized carbons (Fsp3) is 0.278. The topological polar surface area (TPSA) is 124 Å². The standard InChI is InChI=1S/C18H19BrN6O4/c1-2-28-14-5-3-12(4-6-14)16(26)20-7-8-21-17(27)18-23-15(24-29-18)11-25-10-13(19)9-22-25/h3-6,9-10H,2,7-8,11H2,1H3,(H,20,26)(H,21,27). The Morgan fingerprint density at radius 1 is 1.17 bits per heavy atom. The van der Waals surface area contributed by atoms with Crippen molar-refractivity contribution in [2.45, 2.75) is 13.5 Å². The van der Waals surface area contributed by atoms with Gasteiger partial charge in [-0.3, -0.25) is 14.3 Å². The molecule has 3 aromatic rings. The summed E-state index contributed by atoms with van der Waals surface area (Å²) in [7, 11) is 0. The Hall–Kier alpha value is -3.21. The lowest BCUT2D eigenvalue weighted by Gasteiger charge is -2.07. The summed E-state index contributed by atoms with van der Waals surface area (Å²) in [5.41, 5.74) is 0.506. The summed E-state index contributed by atoms with van der Waals surface area (Å²) in [6.07, 6.45) is 3.39. The quantitative estimate of drug-likeness (QED) is 0.463. The lowest BCUT2D eigenvalue weighted by Crippen LogP contribution is -2.34. The van der Waals surface area contributed by atoms with Gasteiger partial charge in [-0.1, -0.05) is 5.16 Å². The summed E-state index contributed by atoms with van der Waals surface area (Å²) in [5.74, 6) is 0.127. The average Bonchev–Trinajstić information content (AvgIpc) is 3.35. The molecule has 0 aliphatic heterocycles. The number of aromatic nitrogens is 4. The van der Waals surface area contributed by atoms with Gasteiger partial charge < -0.3 is 19.9 Å². The lowest BCUT2D eigenvalue weighted by molar-refractivity contribution is 0.0898. The number of hydrogen-bond donors (Lipinski definition) is 2. The van der Waals surface area contributed by atoms with Crippen LogP contribution >= 0.6 is 15.9 Å². The Bertz CT molecular complexity index is 969. The molecule has 2 aromatic heterocycles. The maximum absolute atomic E-state index is 12.1. The third kappa shape index (κ3) is 5.88. The molecule has 1 aromatic carbocycles. The highest BCUT2D eigenvalue weighted by Crippen LogP contribution is 2.12. The molecule has 0 unspecified atom stereocenters. The molecule has 0 aliphatic rings. The Morgan fingerprint density at radius 2 is 1.90 bits per heavy atom. The van der Waals surface area contributed by atoms with Crippen LogP contribution in [-0.2, 0) is 6.54 Å². The van der Waals surface area contributed by atoms with Crippen LogP contribution in [0.15, 0.2) is 45.7 Å². The first-order valence-electron chi connectivity index (χ1n) is 8.85. The molecule has 2 heterocycles. The molecule has 0 radical (unpaired) electrons. The number of hydrogen-bond acceptors (Lipinski definition) is 7. The number of amides is 2. The van der Waals surface area contributed by atoms with Crippen molar-refractivity contribution in [3.63, 3.8) is 0 Å². The molecule has 3 rings (SSSR count). The minimum atomic E-state index is -0.513. The average molecular weight is 463 g/mol. The predicted octanol–water partition coefficient (Wildman–Crippen LogP) is 1.64. The van der Waals surface area contributed by atoms with Crippen molar-refractivity contribution < 1.29 is 18.8 Å². The molecule has 0 aliphatic carbocycles. The number of nitrogens with one attached hydrogen (secondary N) is 2. The number of nitrogens with zero attached hydrogens (tertiary/aromatic N) is 4. The summed E-state index contributed by atoms with van der Waals surface area (Å²) in [5, 5.41) is 13.2. The normalized spacial score (nSPS) is 10.6. The summed E-state index contributed by atoms with van der Waals surface area (Å²) in [6, 6.07) is 6.82. The van der Waals surface area contributed by atoms with E-state index < -0.39 is 5.91 Å². The van der Waals surface area contributed by atoms with Gasteiger partial charge in [0.05, 0.1) is 17.3 Å². The third-order valence-electron chi connectivity index (χ3n) is 3.69. The van der Waals surface area contributed by atoms with Gasteiger partial charge in [-0.25, -0.2) is 0 Å². The van der Waals surface area contributed by atoms with Crippen LogP contribution < -0.4 is 15.4 Å². The van der Waals surface area contributed by atoms with E-state index in [-0.39, 0.29) is 31.4 Å². The van der Waals surface area contributed by atoms with Gasteiger partial charge in [0.1, 0.15) is 12.3 Å². The maximum Gasteiger partial charge on any atom is 0.316 e. The molecule has 0 spiro atoms. The number of ether oxygens (including phenoxy) is 1. The first-order chi connectivity index (χ1) is 14.0. The first-order valence-corrected chi connectivity index (χ1v) is 9.64. The van der Waals surface area contributed by atoms with E-state index in [0.29, 0.717) is 23.7 Å². The molecular weight excluding hydrogens is 444 g/mol. The van der Waals surface area contributed by atoms with Gasteiger partial charge in [0.25, 0.3) is 5.91 Å². The summed E-state index contributed by atoms with van der Waals surface area (Å²) < 4.78 is 12.7. The number of benzene rings is 1. The van der Waals surface area contributed by atoms with Gasteiger partial charge in [-0.05, 0) is 47.1 Å². The van der Waals surface area contributed by atoms with Crippen molar-refractivity contribution >= 4 is 27.7 Å². The minimum Gasteiger partial charge on any atom is -0.494 e. The molecule has 11 heteroatoms. The van der Waals surface area contributed by atoms with Crippen LogP contribution in [0, 0.1) is 0 Å². The van der Waals surface area contributed by atoms with Gasteiger partial charge >= 0.3 is 11.8 Å². The largest absolute Gasteiger partial charge is 0.494 e. The summed E-state index contributed by atoms with van der Waals surface area (Å²) >= 11 is 3.30. The molecule has 29 heavy (non-hydrogen) atoms. The second kappa shape index (κ2) is 9.82. The van der Waals surface area contributed by atoms with E-state index in [0.717, 1.165) is 4.47 Å².